The number of anilines is 3. The molecule has 2 aliphatic rings. The Balaban J connectivity index is 1.28. The molecule has 4 rings (SSSR count). The van der Waals surface area contributed by atoms with Crippen molar-refractivity contribution in [3.8, 4) is 0 Å². The number of nitrogens with zero attached hydrogens (tertiary/aromatic N) is 4. The van der Waals surface area contributed by atoms with Gasteiger partial charge in [0.05, 0.1) is 18.5 Å². The number of hydrogen-bond donors (Lipinski definition) is 1. The summed E-state index contributed by atoms with van der Waals surface area (Å²) in [5, 5.41) is 2.87. The van der Waals surface area contributed by atoms with Gasteiger partial charge in [-0.05, 0) is 29.8 Å². The van der Waals surface area contributed by atoms with E-state index in [1.807, 2.05) is 15.9 Å². The molecule has 1 saturated heterocycles. The summed E-state index contributed by atoms with van der Waals surface area (Å²) in [6, 6.07) is 7.84. The maximum atomic E-state index is 12.7. The molecule has 1 aromatic heterocycles. The minimum absolute atomic E-state index is 0.0267. The Morgan fingerprint density at radius 3 is 2.52 bits per heavy atom. The minimum atomic E-state index is -4.40. The molecular weight excluding hydrogens is 411 g/mol. The summed E-state index contributed by atoms with van der Waals surface area (Å²) >= 11 is 0. The first kappa shape index (κ1) is 21.1. The van der Waals surface area contributed by atoms with Crippen LogP contribution >= 0.6 is 0 Å². The predicted molar refractivity (Wildman–Crippen MR) is 110 cm³/mol. The first-order valence-electron chi connectivity index (χ1n) is 9.90. The lowest BCUT2D eigenvalue weighted by Gasteiger charge is -2.35. The molecule has 0 unspecified atom stereocenters. The lowest BCUT2D eigenvalue weighted by atomic mass is 10.1. The molecule has 1 aromatic carbocycles. The summed E-state index contributed by atoms with van der Waals surface area (Å²) < 4.78 is 38.0. The zero-order chi connectivity index (χ0) is 22.2. The topological polar surface area (TPSA) is 68.8 Å². The van der Waals surface area contributed by atoms with Crippen LogP contribution in [-0.4, -0.2) is 61.5 Å². The third-order valence-electron chi connectivity index (χ3n) is 5.58. The van der Waals surface area contributed by atoms with Gasteiger partial charge >= 0.3 is 6.18 Å². The number of halogens is 3. The lowest BCUT2D eigenvalue weighted by molar-refractivity contribution is -0.137. The third-order valence-corrected chi connectivity index (χ3v) is 5.58. The van der Waals surface area contributed by atoms with Gasteiger partial charge in [-0.25, -0.2) is 4.98 Å². The van der Waals surface area contributed by atoms with Gasteiger partial charge in [0.1, 0.15) is 5.82 Å². The zero-order valence-corrected chi connectivity index (χ0v) is 16.9. The van der Waals surface area contributed by atoms with Gasteiger partial charge in [0.25, 0.3) is 0 Å². The normalized spacial score (nSPS) is 17.1. The van der Waals surface area contributed by atoms with Crippen LogP contribution in [0, 0.1) is 0 Å². The van der Waals surface area contributed by atoms with Crippen LogP contribution in [0.25, 0.3) is 0 Å². The number of benzene rings is 1. The van der Waals surface area contributed by atoms with E-state index in [0.29, 0.717) is 44.1 Å². The average Bonchev–Trinajstić information content (AvgIpc) is 3.01. The molecule has 0 spiro atoms. The van der Waals surface area contributed by atoms with Crippen LogP contribution in [0.4, 0.5) is 30.4 Å². The maximum Gasteiger partial charge on any atom is 0.417 e. The van der Waals surface area contributed by atoms with Crippen molar-refractivity contribution in [2.45, 2.75) is 12.6 Å². The number of pyridine rings is 1. The number of rotatable bonds is 4. The van der Waals surface area contributed by atoms with Gasteiger partial charge in [-0.2, -0.15) is 13.2 Å². The quantitative estimate of drug-likeness (QED) is 0.802. The summed E-state index contributed by atoms with van der Waals surface area (Å²) in [5.74, 6) is 0.362. The summed E-state index contributed by atoms with van der Waals surface area (Å²) in [6.07, 6.45) is -3.18. The second-order valence-corrected chi connectivity index (χ2v) is 7.69. The zero-order valence-electron chi connectivity index (χ0n) is 16.9. The largest absolute Gasteiger partial charge is 0.417 e. The molecule has 0 saturated carbocycles. The number of carbonyl (C=O) groups is 2. The van der Waals surface area contributed by atoms with Crippen LogP contribution in [0.2, 0.25) is 0 Å². The molecule has 31 heavy (non-hydrogen) atoms. The number of hydrogen-bond acceptors (Lipinski definition) is 5. The van der Waals surface area contributed by atoms with Gasteiger partial charge < -0.3 is 15.1 Å². The van der Waals surface area contributed by atoms with Crippen molar-refractivity contribution in [3.05, 3.63) is 47.7 Å². The standard InChI is InChI=1S/C21H22F3N5O2/c1-27-17-11-16(4-2-14(17)10-20(27)31)26-19(30)13-28-6-8-29(9-7-28)18-5-3-15(12-25-18)21(22,23)24/h2-5,11-12H,6-10,13H2,1H3,(H,26,30). The Kier molecular flexibility index (Phi) is 5.57. The van der Waals surface area contributed by atoms with Gasteiger partial charge in [-0.3, -0.25) is 14.5 Å². The smallest absolute Gasteiger partial charge is 0.354 e. The van der Waals surface area contributed by atoms with Crippen molar-refractivity contribution in [1.29, 1.82) is 0 Å². The molecular formula is C21H22F3N5O2. The summed E-state index contributed by atoms with van der Waals surface area (Å²) in [5.41, 5.74) is 1.62. The van der Waals surface area contributed by atoms with Gasteiger partial charge in [0.2, 0.25) is 11.8 Å². The Bertz CT molecular complexity index is 985. The number of alkyl halides is 3. The molecule has 0 radical (unpaired) electrons. The highest BCUT2D eigenvalue weighted by Crippen LogP contribution is 2.31. The molecule has 1 fully saturated rings. The van der Waals surface area contributed by atoms with E-state index >= 15 is 0 Å². The van der Waals surface area contributed by atoms with Crippen LogP contribution in [-0.2, 0) is 22.2 Å². The number of nitrogens with one attached hydrogen (secondary N) is 1. The summed E-state index contributed by atoms with van der Waals surface area (Å²) in [6.45, 7) is 2.53. The number of amides is 2. The molecule has 3 heterocycles. The van der Waals surface area contributed by atoms with E-state index in [4.69, 9.17) is 0 Å². The molecule has 7 nitrogen and oxygen atoms in total. The third kappa shape index (κ3) is 4.63. The predicted octanol–water partition coefficient (Wildman–Crippen LogP) is 2.38. The molecule has 0 aliphatic carbocycles. The van der Waals surface area contributed by atoms with Gasteiger partial charge in [-0.15, -0.1) is 0 Å². The fraction of sp³-hybridized carbons (Fsp3) is 0.381. The number of carbonyl (C=O) groups excluding carboxylic acids is 2. The average molecular weight is 433 g/mol. The first-order valence-corrected chi connectivity index (χ1v) is 9.90. The summed E-state index contributed by atoms with van der Waals surface area (Å²) in [4.78, 5) is 33.6. The molecule has 10 heteroatoms. The van der Waals surface area contributed by atoms with E-state index in [-0.39, 0.29) is 18.4 Å². The van der Waals surface area contributed by atoms with Crippen LogP contribution in [0.15, 0.2) is 36.5 Å². The van der Waals surface area contributed by atoms with Crippen LogP contribution in [0.5, 0.6) is 0 Å². The monoisotopic (exact) mass is 433 g/mol. The Labute approximate surface area is 177 Å². The fourth-order valence-corrected chi connectivity index (χ4v) is 3.80. The second kappa shape index (κ2) is 8.18. The molecule has 2 aliphatic heterocycles. The number of aromatic nitrogens is 1. The Morgan fingerprint density at radius 2 is 1.87 bits per heavy atom. The van der Waals surface area contributed by atoms with Crippen LogP contribution in [0.1, 0.15) is 11.1 Å². The molecule has 2 aromatic rings. The van der Waals surface area contributed by atoms with Crippen molar-refractivity contribution in [1.82, 2.24) is 9.88 Å². The van der Waals surface area contributed by atoms with E-state index in [1.165, 1.54) is 6.07 Å². The van der Waals surface area contributed by atoms with E-state index in [1.54, 1.807) is 24.1 Å². The highest BCUT2D eigenvalue weighted by molar-refractivity contribution is 6.02. The van der Waals surface area contributed by atoms with Crippen molar-refractivity contribution < 1.29 is 22.8 Å². The van der Waals surface area contributed by atoms with Gasteiger partial charge in [-0.1, -0.05) is 6.07 Å². The van der Waals surface area contributed by atoms with Gasteiger partial charge in [0.15, 0.2) is 0 Å². The van der Waals surface area contributed by atoms with Crippen molar-refractivity contribution in [3.63, 3.8) is 0 Å². The summed E-state index contributed by atoms with van der Waals surface area (Å²) in [7, 11) is 1.71. The molecule has 164 valence electrons. The fourth-order valence-electron chi connectivity index (χ4n) is 3.80. The molecule has 0 bridgehead atoms. The number of fused-ring (bicyclic) bond motifs is 1. The Hall–Kier alpha value is -3.14. The van der Waals surface area contributed by atoms with E-state index in [2.05, 4.69) is 10.3 Å². The Morgan fingerprint density at radius 1 is 1.13 bits per heavy atom. The number of likely N-dealkylation sites (N-methyl/N-ethyl adjacent to an activating group) is 1. The second-order valence-electron chi connectivity index (χ2n) is 7.69. The van der Waals surface area contributed by atoms with E-state index < -0.39 is 11.7 Å². The molecule has 2 amide bonds. The van der Waals surface area contributed by atoms with Crippen molar-refractivity contribution >= 4 is 29.0 Å². The number of piperazine rings is 1. The minimum Gasteiger partial charge on any atom is -0.354 e. The van der Waals surface area contributed by atoms with E-state index in [0.717, 1.165) is 23.5 Å². The molecule has 1 N–H and O–H groups in total. The van der Waals surface area contributed by atoms with E-state index in [9.17, 15) is 22.8 Å². The first-order chi connectivity index (χ1) is 14.7. The van der Waals surface area contributed by atoms with Gasteiger partial charge in [0, 0.05) is 50.8 Å². The highest BCUT2D eigenvalue weighted by Gasteiger charge is 2.31. The SMILES string of the molecule is CN1C(=O)Cc2ccc(NC(=O)CN3CCN(c4ccc(C(F)(F)F)cn4)CC3)cc21. The maximum absolute atomic E-state index is 12.7. The van der Waals surface area contributed by atoms with Crippen LogP contribution < -0.4 is 15.1 Å². The highest BCUT2D eigenvalue weighted by atomic mass is 19.4. The van der Waals surface area contributed by atoms with Crippen molar-refractivity contribution in [2.75, 3.05) is 54.9 Å². The van der Waals surface area contributed by atoms with Crippen molar-refractivity contribution in [2.24, 2.45) is 0 Å². The molecule has 0 atom stereocenters. The van der Waals surface area contributed by atoms with Crippen LogP contribution in [0.3, 0.4) is 0 Å². The lowest BCUT2D eigenvalue weighted by Crippen LogP contribution is -2.48.